The Morgan fingerprint density at radius 3 is 2.72 bits per heavy atom. The normalized spacial score (nSPS) is 15.7. The van der Waals surface area contributed by atoms with Gasteiger partial charge in [0.25, 0.3) is 0 Å². The average Bonchev–Trinajstić information content (AvgIpc) is 2.59. The second-order valence-corrected chi connectivity index (χ2v) is 3.78. The van der Waals surface area contributed by atoms with Crippen LogP contribution in [-0.4, -0.2) is 13.1 Å². The van der Waals surface area contributed by atoms with E-state index in [-0.39, 0.29) is 12.4 Å². The molecule has 0 saturated carbocycles. The van der Waals surface area contributed by atoms with Gasteiger partial charge >= 0.3 is 5.97 Å². The molecule has 0 N–H and O–H groups in total. The summed E-state index contributed by atoms with van der Waals surface area (Å²) in [5.41, 5.74) is 1.04. The molecule has 2 rings (SSSR count). The van der Waals surface area contributed by atoms with Crippen LogP contribution in [-0.2, 0) is 14.3 Å². The van der Waals surface area contributed by atoms with Crippen molar-refractivity contribution >= 4 is 12.0 Å². The van der Waals surface area contributed by atoms with Gasteiger partial charge in [-0.3, -0.25) is 4.79 Å². The lowest BCUT2D eigenvalue weighted by Gasteiger charge is -2.01. The molecule has 0 unspecified atom stereocenters. The predicted octanol–water partition coefficient (Wildman–Crippen LogP) is 3.06. The van der Waals surface area contributed by atoms with E-state index in [9.17, 15) is 4.79 Å². The molecule has 3 nitrogen and oxygen atoms in total. The third kappa shape index (κ3) is 3.35. The third-order valence-electron chi connectivity index (χ3n) is 2.46. The molecule has 0 bridgehead atoms. The highest BCUT2D eigenvalue weighted by molar-refractivity contribution is 5.74. The molecule has 3 heteroatoms. The maximum atomic E-state index is 11.4. The van der Waals surface area contributed by atoms with Gasteiger partial charge in [0.05, 0.1) is 13.5 Å². The number of ether oxygens (including phenoxy) is 2. The van der Waals surface area contributed by atoms with Gasteiger partial charge < -0.3 is 9.47 Å². The molecule has 0 atom stereocenters. The van der Waals surface area contributed by atoms with Crippen LogP contribution >= 0.6 is 0 Å². The Hall–Kier alpha value is -2.29. The SMILES string of the molecule is COC1=CCC(=O)OC(/C=C/c2ccccc2)=C1. The number of carbonyl (C=O) groups excluding carboxylic acids is 1. The molecule has 92 valence electrons. The molecular weight excluding hydrogens is 228 g/mol. The third-order valence-corrected chi connectivity index (χ3v) is 2.46. The molecule has 0 saturated heterocycles. The van der Waals surface area contributed by atoms with Crippen molar-refractivity contribution < 1.29 is 14.3 Å². The zero-order valence-corrected chi connectivity index (χ0v) is 10.1. The Labute approximate surface area is 106 Å². The van der Waals surface area contributed by atoms with Crippen molar-refractivity contribution in [3.63, 3.8) is 0 Å². The first-order valence-electron chi connectivity index (χ1n) is 5.67. The lowest BCUT2D eigenvalue weighted by Crippen LogP contribution is -1.99. The van der Waals surface area contributed by atoms with Gasteiger partial charge in [0, 0.05) is 6.08 Å². The molecule has 0 spiro atoms. The first-order valence-corrected chi connectivity index (χ1v) is 5.67. The Bertz CT molecular complexity index is 510. The highest BCUT2D eigenvalue weighted by Crippen LogP contribution is 2.15. The summed E-state index contributed by atoms with van der Waals surface area (Å²) in [6.45, 7) is 0. The summed E-state index contributed by atoms with van der Waals surface area (Å²) in [5, 5.41) is 0. The summed E-state index contributed by atoms with van der Waals surface area (Å²) >= 11 is 0. The lowest BCUT2D eigenvalue weighted by atomic mass is 10.2. The Morgan fingerprint density at radius 1 is 1.22 bits per heavy atom. The van der Waals surface area contributed by atoms with Crippen molar-refractivity contribution in [3.8, 4) is 0 Å². The maximum absolute atomic E-state index is 11.4. The molecule has 1 heterocycles. The first-order chi connectivity index (χ1) is 8.78. The fraction of sp³-hybridized carbons (Fsp3) is 0.133. The fourth-order valence-corrected chi connectivity index (χ4v) is 1.55. The molecule has 0 amide bonds. The van der Waals surface area contributed by atoms with Gasteiger partial charge in [-0.1, -0.05) is 36.4 Å². The lowest BCUT2D eigenvalue weighted by molar-refractivity contribution is -0.137. The number of hydrogen-bond acceptors (Lipinski definition) is 3. The quantitative estimate of drug-likeness (QED) is 0.764. The van der Waals surface area contributed by atoms with Crippen LogP contribution in [0, 0.1) is 0 Å². The van der Waals surface area contributed by atoms with Crippen LogP contribution in [0.15, 0.2) is 60.1 Å². The van der Waals surface area contributed by atoms with Crippen LogP contribution in [0.25, 0.3) is 6.08 Å². The molecule has 1 aromatic carbocycles. The van der Waals surface area contributed by atoms with E-state index in [1.54, 1.807) is 25.3 Å². The summed E-state index contributed by atoms with van der Waals surface area (Å²) in [6.07, 6.45) is 7.27. The molecule has 0 aliphatic carbocycles. The Kier molecular flexibility index (Phi) is 3.97. The Morgan fingerprint density at radius 2 is 2.00 bits per heavy atom. The van der Waals surface area contributed by atoms with Crippen molar-refractivity contribution in [3.05, 3.63) is 65.6 Å². The highest BCUT2D eigenvalue weighted by Gasteiger charge is 2.09. The molecule has 1 aromatic rings. The molecule has 0 aromatic heterocycles. The number of carbonyl (C=O) groups is 1. The van der Waals surface area contributed by atoms with Crippen molar-refractivity contribution in [2.75, 3.05) is 7.11 Å². The van der Waals surface area contributed by atoms with Gasteiger partial charge in [0.15, 0.2) is 0 Å². The molecule has 1 aliphatic rings. The van der Waals surface area contributed by atoms with Gasteiger partial charge in [0.1, 0.15) is 11.5 Å². The number of rotatable bonds is 3. The minimum Gasteiger partial charge on any atom is -0.497 e. The fourth-order valence-electron chi connectivity index (χ4n) is 1.55. The van der Waals surface area contributed by atoms with E-state index in [0.29, 0.717) is 11.5 Å². The topological polar surface area (TPSA) is 35.5 Å². The number of esters is 1. The smallest absolute Gasteiger partial charge is 0.315 e. The van der Waals surface area contributed by atoms with Crippen LogP contribution in [0.5, 0.6) is 0 Å². The van der Waals surface area contributed by atoms with Crippen LogP contribution in [0.3, 0.4) is 0 Å². The summed E-state index contributed by atoms with van der Waals surface area (Å²) < 4.78 is 10.3. The summed E-state index contributed by atoms with van der Waals surface area (Å²) in [6, 6.07) is 9.81. The van der Waals surface area contributed by atoms with Crippen LogP contribution in [0.2, 0.25) is 0 Å². The minimum absolute atomic E-state index is 0.225. The molecular formula is C15H14O3. The average molecular weight is 242 g/mol. The second kappa shape index (κ2) is 5.87. The van der Waals surface area contributed by atoms with Gasteiger partial charge in [-0.15, -0.1) is 0 Å². The van der Waals surface area contributed by atoms with Crippen LogP contribution in [0.4, 0.5) is 0 Å². The number of methoxy groups -OCH3 is 1. The number of allylic oxidation sites excluding steroid dienone is 2. The van der Waals surface area contributed by atoms with Crippen LogP contribution in [0.1, 0.15) is 12.0 Å². The van der Waals surface area contributed by atoms with Crippen LogP contribution < -0.4 is 0 Å². The number of hydrogen-bond donors (Lipinski definition) is 0. The van der Waals surface area contributed by atoms with E-state index in [1.165, 1.54) is 0 Å². The van der Waals surface area contributed by atoms with Gasteiger partial charge in [-0.2, -0.15) is 0 Å². The van der Waals surface area contributed by atoms with Gasteiger partial charge in [-0.25, -0.2) is 0 Å². The first kappa shape index (κ1) is 12.2. The molecule has 1 aliphatic heterocycles. The zero-order chi connectivity index (χ0) is 12.8. The summed E-state index contributed by atoms with van der Waals surface area (Å²) in [4.78, 5) is 11.4. The maximum Gasteiger partial charge on any atom is 0.315 e. The van der Waals surface area contributed by atoms with Gasteiger partial charge in [-0.05, 0) is 17.7 Å². The number of benzene rings is 1. The zero-order valence-electron chi connectivity index (χ0n) is 10.1. The predicted molar refractivity (Wildman–Crippen MR) is 69.4 cm³/mol. The molecule has 18 heavy (non-hydrogen) atoms. The minimum atomic E-state index is -0.286. The van der Waals surface area contributed by atoms with E-state index < -0.39 is 0 Å². The van der Waals surface area contributed by atoms with Crippen molar-refractivity contribution in [2.45, 2.75) is 6.42 Å². The summed E-state index contributed by atoms with van der Waals surface area (Å²) in [7, 11) is 1.57. The van der Waals surface area contributed by atoms with Gasteiger partial charge in [0.2, 0.25) is 0 Å². The molecule has 0 radical (unpaired) electrons. The summed E-state index contributed by atoms with van der Waals surface area (Å²) in [5.74, 6) is 0.828. The van der Waals surface area contributed by atoms with Crippen molar-refractivity contribution in [1.29, 1.82) is 0 Å². The number of cyclic esters (lactones) is 1. The van der Waals surface area contributed by atoms with E-state index in [1.807, 2.05) is 36.4 Å². The largest absolute Gasteiger partial charge is 0.497 e. The van der Waals surface area contributed by atoms with E-state index in [0.717, 1.165) is 5.56 Å². The monoisotopic (exact) mass is 242 g/mol. The van der Waals surface area contributed by atoms with Crippen molar-refractivity contribution in [2.24, 2.45) is 0 Å². The standard InChI is InChI=1S/C15H14O3/c1-17-13-9-10-15(16)18-14(11-13)8-7-12-5-3-2-4-6-12/h2-9,11H,10H2,1H3/b8-7+. The highest BCUT2D eigenvalue weighted by atomic mass is 16.5. The molecule has 0 fully saturated rings. The Balaban J connectivity index is 2.17. The van der Waals surface area contributed by atoms with E-state index >= 15 is 0 Å². The van der Waals surface area contributed by atoms with E-state index in [4.69, 9.17) is 9.47 Å². The van der Waals surface area contributed by atoms with E-state index in [2.05, 4.69) is 0 Å². The van der Waals surface area contributed by atoms with Crippen molar-refractivity contribution in [1.82, 2.24) is 0 Å². The second-order valence-electron chi connectivity index (χ2n) is 3.78.